The third kappa shape index (κ3) is 2.87. The van der Waals surface area contributed by atoms with E-state index >= 15 is 0 Å². The van der Waals surface area contributed by atoms with Gasteiger partial charge in [0.15, 0.2) is 16.5 Å². The SMILES string of the molecule is CC(C)c1nc(S(=O)(=O)N2CCC(c3ccc4c(c3)OCO4)C2)cn1C. The Morgan fingerprint density at radius 2 is 2.00 bits per heavy atom. The van der Waals surface area contributed by atoms with E-state index < -0.39 is 10.0 Å². The standard InChI is InChI=1S/C18H23N3O4S/c1-12(2)18-19-17(10-20(18)3)26(22,23)21-7-6-14(9-21)13-4-5-15-16(8-13)25-11-24-15/h4-5,8,10,12,14H,6-7,9,11H2,1-3H3. The lowest BCUT2D eigenvalue weighted by Crippen LogP contribution is -2.29. The maximum Gasteiger partial charge on any atom is 0.262 e. The van der Waals surface area contributed by atoms with Crippen molar-refractivity contribution in [1.82, 2.24) is 13.9 Å². The molecule has 2 aromatic rings. The normalized spacial score (nSPS) is 20.2. The molecule has 4 rings (SSSR count). The first kappa shape index (κ1) is 17.4. The molecule has 0 radical (unpaired) electrons. The summed E-state index contributed by atoms with van der Waals surface area (Å²) in [5.41, 5.74) is 1.08. The maximum absolute atomic E-state index is 13.0. The summed E-state index contributed by atoms with van der Waals surface area (Å²) >= 11 is 0. The largest absolute Gasteiger partial charge is 0.454 e. The molecule has 0 saturated carbocycles. The molecule has 0 spiro atoms. The Bertz CT molecular complexity index is 936. The minimum absolute atomic E-state index is 0.134. The molecule has 1 unspecified atom stereocenters. The average molecular weight is 377 g/mol. The van der Waals surface area contributed by atoms with Gasteiger partial charge >= 0.3 is 0 Å². The van der Waals surface area contributed by atoms with E-state index in [0.29, 0.717) is 13.1 Å². The topological polar surface area (TPSA) is 73.7 Å². The van der Waals surface area contributed by atoms with Crippen molar-refractivity contribution in [2.24, 2.45) is 7.05 Å². The Balaban J connectivity index is 1.55. The molecule has 1 aromatic carbocycles. The summed E-state index contributed by atoms with van der Waals surface area (Å²) in [5, 5.41) is 0.134. The van der Waals surface area contributed by atoms with Gasteiger partial charge in [0.1, 0.15) is 5.82 Å². The van der Waals surface area contributed by atoms with Crippen molar-refractivity contribution in [3.05, 3.63) is 35.8 Å². The van der Waals surface area contributed by atoms with Gasteiger partial charge in [-0.25, -0.2) is 13.4 Å². The van der Waals surface area contributed by atoms with Gasteiger partial charge in [0.2, 0.25) is 6.79 Å². The van der Waals surface area contributed by atoms with E-state index in [1.165, 1.54) is 4.31 Å². The quantitative estimate of drug-likeness (QED) is 0.818. The van der Waals surface area contributed by atoms with Gasteiger partial charge in [0.25, 0.3) is 10.0 Å². The number of benzene rings is 1. The lowest BCUT2D eigenvalue weighted by atomic mass is 9.98. The number of aryl methyl sites for hydroxylation is 1. The fourth-order valence-corrected chi connectivity index (χ4v) is 5.12. The van der Waals surface area contributed by atoms with Crippen molar-refractivity contribution in [3.63, 3.8) is 0 Å². The first-order valence-electron chi connectivity index (χ1n) is 8.79. The molecule has 1 atom stereocenters. The zero-order valence-corrected chi connectivity index (χ0v) is 16.0. The zero-order chi connectivity index (χ0) is 18.5. The highest BCUT2D eigenvalue weighted by Crippen LogP contribution is 2.38. The van der Waals surface area contributed by atoms with Crippen molar-refractivity contribution in [1.29, 1.82) is 0 Å². The number of ether oxygens (including phenoxy) is 2. The summed E-state index contributed by atoms with van der Waals surface area (Å²) in [6.45, 7) is 5.20. The Hall–Kier alpha value is -2.06. The Morgan fingerprint density at radius 3 is 2.73 bits per heavy atom. The second kappa shape index (κ2) is 6.28. The van der Waals surface area contributed by atoms with Gasteiger partial charge in [0, 0.05) is 32.3 Å². The summed E-state index contributed by atoms with van der Waals surface area (Å²) in [4.78, 5) is 4.37. The second-order valence-corrected chi connectivity index (χ2v) is 9.05. The molecule has 1 fully saturated rings. The van der Waals surface area contributed by atoms with Gasteiger partial charge in [-0.15, -0.1) is 0 Å². The Labute approximate surface area is 153 Å². The summed E-state index contributed by atoms with van der Waals surface area (Å²) in [7, 11) is -1.75. The number of nitrogens with zero attached hydrogens (tertiary/aromatic N) is 3. The van der Waals surface area contributed by atoms with Crippen LogP contribution < -0.4 is 9.47 Å². The molecule has 2 aliphatic heterocycles. The number of hydrogen-bond acceptors (Lipinski definition) is 5. The molecule has 0 bridgehead atoms. The van der Waals surface area contributed by atoms with Crippen LogP contribution in [0.15, 0.2) is 29.4 Å². The van der Waals surface area contributed by atoms with Crippen LogP contribution >= 0.6 is 0 Å². The van der Waals surface area contributed by atoms with E-state index in [-0.39, 0.29) is 23.7 Å². The molecule has 0 amide bonds. The fourth-order valence-electron chi connectivity index (χ4n) is 3.63. The van der Waals surface area contributed by atoms with Gasteiger partial charge in [-0.1, -0.05) is 19.9 Å². The van der Waals surface area contributed by atoms with E-state index in [9.17, 15) is 8.42 Å². The minimum atomic E-state index is -3.58. The summed E-state index contributed by atoms with van der Waals surface area (Å²) in [6, 6.07) is 5.84. The predicted octanol–water partition coefficient (Wildman–Crippen LogP) is 2.45. The molecule has 140 valence electrons. The zero-order valence-electron chi connectivity index (χ0n) is 15.2. The van der Waals surface area contributed by atoms with Crippen LogP contribution in [-0.4, -0.2) is 42.2 Å². The monoisotopic (exact) mass is 377 g/mol. The van der Waals surface area contributed by atoms with E-state index in [1.54, 1.807) is 10.8 Å². The number of sulfonamides is 1. The van der Waals surface area contributed by atoms with Crippen LogP contribution in [-0.2, 0) is 17.1 Å². The number of imidazole rings is 1. The molecule has 3 heterocycles. The van der Waals surface area contributed by atoms with Crippen LogP contribution in [0.3, 0.4) is 0 Å². The van der Waals surface area contributed by atoms with Gasteiger partial charge in [-0.3, -0.25) is 0 Å². The molecule has 0 N–H and O–H groups in total. The van der Waals surface area contributed by atoms with Crippen molar-refractivity contribution in [3.8, 4) is 11.5 Å². The molecule has 2 aliphatic rings. The van der Waals surface area contributed by atoms with Crippen LogP contribution in [0.1, 0.15) is 43.5 Å². The predicted molar refractivity (Wildman–Crippen MR) is 96.0 cm³/mol. The maximum atomic E-state index is 13.0. The summed E-state index contributed by atoms with van der Waals surface area (Å²) in [5.74, 6) is 2.56. The minimum Gasteiger partial charge on any atom is -0.454 e. The van der Waals surface area contributed by atoms with Gasteiger partial charge < -0.3 is 14.0 Å². The molecule has 0 aliphatic carbocycles. The molecule has 1 saturated heterocycles. The molecule has 1 aromatic heterocycles. The highest BCUT2D eigenvalue weighted by atomic mass is 32.2. The van der Waals surface area contributed by atoms with Crippen molar-refractivity contribution < 1.29 is 17.9 Å². The van der Waals surface area contributed by atoms with Crippen LogP contribution in [0.25, 0.3) is 0 Å². The van der Waals surface area contributed by atoms with Gasteiger partial charge in [0.05, 0.1) is 0 Å². The van der Waals surface area contributed by atoms with Crippen LogP contribution in [0, 0.1) is 0 Å². The number of rotatable bonds is 4. The van der Waals surface area contributed by atoms with Crippen LogP contribution in [0.2, 0.25) is 0 Å². The molecule has 8 heteroatoms. The third-order valence-corrected chi connectivity index (χ3v) is 6.77. The van der Waals surface area contributed by atoms with Gasteiger partial charge in [-0.2, -0.15) is 4.31 Å². The third-order valence-electron chi connectivity index (χ3n) is 5.03. The second-order valence-electron chi connectivity index (χ2n) is 7.16. The lowest BCUT2D eigenvalue weighted by molar-refractivity contribution is 0.174. The highest BCUT2D eigenvalue weighted by molar-refractivity contribution is 7.89. The number of aromatic nitrogens is 2. The summed E-state index contributed by atoms with van der Waals surface area (Å²) in [6.07, 6.45) is 2.39. The Morgan fingerprint density at radius 1 is 1.23 bits per heavy atom. The smallest absolute Gasteiger partial charge is 0.262 e. The average Bonchev–Trinajstić information content (AvgIpc) is 3.33. The summed E-state index contributed by atoms with van der Waals surface area (Å²) < 4.78 is 40.1. The molecule has 26 heavy (non-hydrogen) atoms. The highest BCUT2D eigenvalue weighted by Gasteiger charge is 2.35. The van der Waals surface area contributed by atoms with Gasteiger partial charge in [-0.05, 0) is 30.0 Å². The van der Waals surface area contributed by atoms with Crippen LogP contribution in [0.4, 0.5) is 0 Å². The van der Waals surface area contributed by atoms with Crippen molar-refractivity contribution in [2.45, 2.75) is 37.1 Å². The molecular formula is C18H23N3O4S. The first-order chi connectivity index (χ1) is 12.4. The van der Waals surface area contributed by atoms with Crippen molar-refractivity contribution >= 4 is 10.0 Å². The fraction of sp³-hybridized carbons (Fsp3) is 0.500. The van der Waals surface area contributed by atoms with Crippen LogP contribution in [0.5, 0.6) is 11.5 Å². The molecule has 7 nitrogen and oxygen atoms in total. The van der Waals surface area contributed by atoms with E-state index in [0.717, 1.165) is 29.3 Å². The van der Waals surface area contributed by atoms with Crippen molar-refractivity contribution in [2.75, 3.05) is 19.9 Å². The Kier molecular flexibility index (Phi) is 4.19. The van der Waals surface area contributed by atoms with E-state index in [4.69, 9.17) is 9.47 Å². The lowest BCUT2D eigenvalue weighted by Gasteiger charge is -2.15. The van der Waals surface area contributed by atoms with E-state index in [2.05, 4.69) is 4.98 Å². The van der Waals surface area contributed by atoms with E-state index in [1.807, 2.05) is 39.1 Å². The molecular weight excluding hydrogens is 354 g/mol. The number of fused-ring (bicyclic) bond motifs is 1. The number of hydrogen-bond donors (Lipinski definition) is 0. The first-order valence-corrected chi connectivity index (χ1v) is 10.2.